The van der Waals surface area contributed by atoms with Gasteiger partial charge in [-0.2, -0.15) is 4.31 Å². The average molecular weight is 398 g/mol. The van der Waals surface area contributed by atoms with E-state index in [-0.39, 0.29) is 22.6 Å². The minimum atomic E-state index is -3.71. The SMILES string of the molecule is CC(C)N(C)S(=O)(=O)c1cccc(C(=O)OCC(=O)NC[C@@H]2CCCO2)c1. The molecule has 1 N–H and O–H groups in total. The van der Waals surface area contributed by atoms with Gasteiger partial charge in [-0.1, -0.05) is 6.07 Å². The lowest BCUT2D eigenvalue weighted by Gasteiger charge is -2.21. The third kappa shape index (κ3) is 5.75. The lowest BCUT2D eigenvalue weighted by molar-refractivity contribution is -0.124. The fourth-order valence-electron chi connectivity index (χ4n) is 2.53. The summed E-state index contributed by atoms with van der Waals surface area (Å²) >= 11 is 0. The molecule has 1 aromatic rings. The normalized spacial score (nSPS) is 17.3. The van der Waals surface area contributed by atoms with Crippen LogP contribution in [0.1, 0.15) is 37.0 Å². The van der Waals surface area contributed by atoms with Crippen LogP contribution in [0.25, 0.3) is 0 Å². The molecular weight excluding hydrogens is 372 g/mol. The summed E-state index contributed by atoms with van der Waals surface area (Å²) in [4.78, 5) is 23.9. The Morgan fingerprint density at radius 2 is 2.11 bits per heavy atom. The zero-order valence-electron chi connectivity index (χ0n) is 15.8. The number of rotatable bonds is 8. The van der Waals surface area contributed by atoms with E-state index in [0.29, 0.717) is 13.2 Å². The number of sulfonamides is 1. The topological polar surface area (TPSA) is 102 Å². The van der Waals surface area contributed by atoms with Crippen molar-refractivity contribution in [2.75, 3.05) is 26.8 Å². The molecule has 0 spiro atoms. The Hall–Kier alpha value is -1.97. The Bertz CT molecular complexity index is 772. The van der Waals surface area contributed by atoms with E-state index < -0.39 is 28.5 Å². The van der Waals surface area contributed by atoms with Crippen LogP contribution in [0.15, 0.2) is 29.2 Å². The number of benzene rings is 1. The van der Waals surface area contributed by atoms with E-state index in [1.807, 2.05) is 0 Å². The smallest absolute Gasteiger partial charge is 0.338 e. The fourth-order valence-corrected chi connectivity index (χ4v) is 3.94. The first kappa shape index (κ1) is 21.3. The maximum Gasteiger partial charge on any atom is 0.338 e. The summed E-state index contributed by atoms with van der Waals surface area (Å²) in [6, 6.07) is 5.36. The highest BCUT2D eigenvalue weighted by molar-refractivity contribution is 7.89. The van der Waals surface area contributed by atoms with Gasteiger partial charge in [0.15, 0.2) is 6.61 Å². The second kappa shape index (κ2) is 9.29. The van der Waals surface area contributed by atoms with Crippen molar-refractivity contribution in [3.05, 3.63) is 29.8 Å². The van der Waals surface area contributed by atoms with Crippen LogP contribution in [0, 0.1) is 0 Å². The molecule has 1 amide bonds. The van der Waals surface area contributed by atoms with E-state index in [1.54, 1.807) is 13.8 Å². The highest BCUT2D eigenvalue weighted by Crippen LogP contribution is 2.18. The second-order valence-corrected chi connectivity index (χ2v) is 8.66. The molecule has 0 bridgehead atoms. The Labute approximate surface area is 159 Å². The number of ether oxygens (including phenoxy) is 2. The first-order valence-corrected chi connectivity index (χ1v) is 10.3. The van der Waals surface area contributed by atoms with Gasteiger partial charge < -0.3 is 14.8 Å². The predicted octanol–water partition coefficient (Wildman–Crippen LogP) is 1.17. The maximum atomic E-state index is 12.5. The molecule has 1 aliphatic heterocycles. The van der Waals surface area contributed by atoms with E-state index in [0.717, 1.165) is 12.8 Å². The Morgan fingerprint density at radius 1 is 1.37 bits per heavy atom. The summed E-state index contributed by atoms with van der Waals surface area (Å²) in [7, 11) is -2.24. The molecule has 1 atom stereocenters. The molecule has 0 unspecified atom stereocenters. The summed E-state index contributed by atoms with van der Waals surface area (Å²) < 4.78 is 36.6. The Kier molecular flexibility index (Phi) is 7.34. The zero-order valence-corrected chi connectivity index (χ0v) is 16.6. The van der Waals surface area contributed by atoms with E-state index in [2.05, 4.69) is 5.32 Å². The van der Waals surface area contributed by atoms with E-state index in [4.69, 9.17) is 9.47 Å². The van der Waals surface area contributed by atoms with Crippen molar-refractivity contribution in [2.24, 2.45) is 0 Å². The van der Waals surface area contributed by atoms with Crippen molar-refractivity contribution >= 4 is 21.9 Å². The molecule has 1 aromatic carbocycles. The quantitative estimate of drug-likeness (QED) is 0.660. The first-order valence-electron chi connectivity index (χ1n) is 8.85. The molecule has 8 nitrogen and oxygen atoms in total. The van der Waals surface area contributed by atoms with Crippen molar-refractivity contribution in [1.29, 1.82) is 0 Å². The van der Waals surface area contributed by atoms with E-state index >= 15 is 0 Å². The maximum absolute atomic E-state index is 12.5. The van der Waals surface area contributed by atoms with Crippen LogP contribution in [0.3, 0.4) is 0 Å². The summed E-state index contributed by atoms with van der Waals surface area (Å²) in [5.74, 6) is -1.19. The molecule has 1 heterocycles. The number of hydrogen-bond donors (Lipinski definition) is 1. The van der Waals surface area contributed by atoms with Gasteiger partial charge in [-0.15, -0.1) is 0 Å². The van der Waals surface area contributed by atoms with Crippen LogP contribution < -0.4 is 5.32 Å². The van der Waals surface area contributed by atoms with Gasteiger partial charge in [0.05, 0.1) is 16.6 Å². The second-order valence-electron chi connectivity index (χ2n) is 6.66. The molecule has 2 rings (SSSR count). The van der Waals surface area contributed by atoms with Crippen molar-refractivity contribution in [3.8, 4) is 0 Å². The molecule has 9 heteroatoms. The third-order valence-electron chi connectivity index (χ3n) is 4.36. The van der Waals surface area contributed by atoms with Crippen molar-refractivity contribution < 1.29 is 27.5 Å². The molecular formula is C18H26N2O6S. The fraction of sp³-hybridized carbons (Fsp3) is 0.556. The van der Waals surface area contributed by atoms with Gasteiger partial charge in [-0.05, 0) is 44.9 Å². The zero-order chi connectivity index (χ0) is 20.0. The third-order valence-corrected chi connectivity index (χ3v) is 6.39. The van der Waals surface area contributed by atoms with Gasteiger partial charge in [0.1, 0.15) is 0 Å². The number of amides is 1. The first-order chi connectivity index (χ1) is 12.7. The minimum Gasteiger partial charge on any atom is -0.452 e. The molecule has 0 aromatic heterocycles. The van der Waals surface area contributed by atoms with Crippen LogP contribution in [0.2, 0.25) is 0 Å². The number of carbonyl (C=O) groups is 2. The largest absolute Gasteiger partial charge is 0.452 e. The molecule has 0 saturated carbocycles. The summed E-state index contributed by atoms with van der Waals surface area (Å²) in [6.07, 6.45) is 1.87. The number of nitrogens with zero attached hydrogens (tertiary/aromatic N) is 1. The summed E-state index contributed by atoms with van der Waals surface area (Å²) in [5, 5.41) is 2.65. The van der Waals surface area contributed by atoms with E-state index in [9.17, 15) is 18.0 Å². The molecule has 0 aliphatic carbocycles. The standard InChI is InChI=1S/C18H26N2O6S/c1-13(2)20(3)27(23,24)16-8-4-6-14(10-16)18(22)26-12-17(21)19-11-15-7-5-9-25-15/h4,6,8,10,13,15H,5,7,9,11-12H2,1-3H3,(H,19,21)/t15-/m0/s1. The number of hydrogen-bond acceptors (Lipinski definition) is 6. The lowest BCUT2D eigenvalue weighted by atomic mass is 10.2. The van der Waals surface area contributed by atoms with Gasteiger partial charge in [0.25, 0.3) is 5.91 Å². The Balaban J connectivity index is 1.93. The highest BCUT2D eigenvalue weighted by Gasteiger charge is 2.24. The summed E-state index contributed by atoms with van der Waals surface area (Å²) in [6.45, 7) is 4.15. The monoisotopic (exact) mass is 398 g/mol. The van der Waals surface area contributed by atoms with Gasteiger partial charge >= 0.3 is 5.97 Å². The predicted molar refractivity (Wildman–Crippen MR) is 98.8 cm³/mol. The van der Waals surface area contributed by atoms with Crippen LogP contribution in [-0.4, -0.2) is 63.6 Å². The Morgan fingerprint density at radius 3 is 2.74 bits per heavy atom. The molecule has 1 aliphatic rings. The average Bonchev–Trinajstić information content (AvgIpc) is 3.17. The molecule has 1 fully saturated rings. The van der Waals surface area contributed by atoms with Crippen molar-refractivity contribution in [1.82, 2.24) is 9.62 Å². The van der Waals surface area contributed by atoms with Crippen LogP contribution >= 0.6 is 0 Å². The summed E-state index contributed by atoms with van der Waals surface area (Å²) in [5.41, 5.74) is 0.0696. The van der Waals surface area contributed by atoms with Gasteiger partial charge in [0, 0.05) is 26.2 Å². The molecule has 1 saturated heterocycles. The van der Waals surface area contributed by atoms with Crippen LogP contribution in [-0.2, 0) is 24.3 Å². The number of nitrogens with one attached hydrogen (secondary N) is 1. The minimum absolute atomic E-state index is 0.00372. The molecule has 0 radical (unpaired) electrons. The highest BCUT2D eigenvalue weighted by atomic mass is 32.2. The molecule has 27 heavy (non-hydrogen) atoms. The number of carbonyl (C=O) groups excluding carboxylic acids is 2. The van der Waals surface area contributed by atoms with E-state index in [1.165, 1.54) is 35.6 Å². The van der Waals surface area contributed by atoms with Gasteiger partial charge in [-0.25, -0.2) is 13.2 Å². The van der Waals surface area contributed by atoms with Crippen molar-refractivity contribution in [2.45, 2.75) is 43.7 Å². The molecule has 150 valence electrons. The van der Waals surface area contributed by atoms with Crippen LogP contribution in [0.4, 0.5) is 0 Å². The van der Waals surface area contributed by atoms with Crippen LogP contribution in [0.5, 0.6) is 0 Å². The van der Waals surface area contributed by atoms with Gasteiger partial charge in [-0.3, -0.25) is 4.79 Å². The lowest BCUT2D eigenvalue weighted by Crippen LogP contribution is -2.35. The van der Waals surface area contributed by atoms with Gasteiger partial charge in [0.2, 0.25) is 10.0 Å². The van der Waals surface area contributed by atoms with Crippen molar-refractivity contribution in [3.63, 3.8) is 0 Å². The number of esters is 1.